The predicted molar refractivity (Wildman–Crippen MR) is 55.2 cm³/mol. The van der Waals surface area contributed by atoms with E-state index >= 15 is 0 Å². The zero-order valence-electron chi connectivity index (χ0n) is 9.20. The van der Waals surface area contributed by atoms with Gasteiger partial charge in [0, 0.05) is 0 Å². The van der Waals surface area contributed by atoms with Gasteiger partial charge in [-0.15, -0.1) is 5.98 Å². The molecule has 16 heavy (non-hydrogen) atoms. The molecule has 1 N–H and O–H groups in total. The Labute approximate surface area is 135 Å². The molecule has 0 radical (unpaired) electrons. The Hall–Kier alpha value is 0.411. The van der Waals surface area contributed by atoms with Crippen molar-refractivity contribution in [2.24, 2.45) is 0 Å². The van der Waals surface area contributed by atoms with Crippen LogP contribution in [0, 0.1) is 0 Å². The molecule has 0 aliphatic carbocycles. The summed E-state index contributed by atoms with van der Waals surface area (Å²) in [6, 6.07) is 6.37. The van der Waals surface area contributed by atoms with E-state index in [0.29, 0.717) is 11.1 Å². The number of hydrogen-bond acceptors (Lipinski definition) is 1. The molecule has 1 unspecified atom stereocenters. The minimum Gasteiger partial charge on any atom is -0.445 e. The summed E-state index contributed by atoms with van der Waals surface area (Å²) in [7, 11) is 0. The third-order valence-corrected chi connectivity index (χ3v) is 1.90. The minimum atomic E-state index is -4.90. The van der Waals surface area contributed by atoms with Gasteiger partial charge in [0.2, 0.25) is 0 Å². The monoisotopic (exact) mass is 254 g/mol. The summed E-state index contributed by atoms with van der Waals surface area (Å²) < 4.78 is 35.8. The van der Waals surface area contributed by atoms with Gasteiger partial charge in [0.25, 0.3) is 0 Å². The minimum absolute atomic E-state index is 0. The van der Waals surface area contributed by atoms with E-state index in [1.165, 1.54) is 6.07 Å². The number of rotatable bonds is 3. The number of hydrogen-bond donors (Lipinski definition) is 1. The van der Waals surface area contributed by atoms with Crippen LogP contribution < -0.4 is 51.4 Å². The number of benzene rings is 1. The van der Waals surface area contributed by atoms with Crippen molar-refractivity contribution in [2.75, 3.05) is 0 Å². The van der Waals surface area contributed by atoms with Crippen molar-refractivity contribution in [3.63, 3.8) is 0 Å². The second-order valence-electron chi connectivity index (χ2n) is 3.33. The summed E-state index contributed by atoms with van der Waals surface area (Å²) in [5.74, 6) is 0.237. The van der Waals surface area contributed by atoms with Crippen LogP contribution in [-0.2, 0) is 0 Å². The third kappa shape index (κ3) is 6.22. The van der Waals surface area contributed by atoms with Gasteiger partial charge in [-0.1, -0.05) is 24.3 Å². The fourth-order valence-electron chi connectivity index (χ4n) is 1.14. The third-order valence-electron chi connectivity index (χ3n) is 1.90. The Morgan fingerprint density at radius 1 is 1.31 bits per heavy atom. The van der Waals surface area contributed by atoms with Crippen molar-refractivity contribution in [2.45, 2.75) is 13.0 Å². The molecule has 0 saturated heterocycles. The smallest absolute Gasteiger partial charge is 0.445 e. The average Bonchev–Trinajstić information content (AvgIpc) is 2.14. The Morgan fingerprint density at radius 3 is 2.44 bits per heavy atom. The molecule has 82 valence electrons. The molecule has 1 aromatic rings. The fourth-order valence-corrected chi connectivity index (χ4v) is 1.14. The van der Waals surface area contributed by atoms with Crippen molar-refractivity contribution in [3.8, 4) is 0 Å². The van der Waals surface area contributed by atoms with E-state index in [0.717, 1.165) is 6.08 Å². The fraction of sp³-hybridized carbons (Fsp3) is 0.200. The SMILES string of the molecule is CC(O)c1cccc(/C=C/[B-](F)(F)F)c1.[K+]. The van der Waals surface area contributed by atoms with Gasteiger partial charge < -0.3 is 18.1 Å². The molecule has 0 bridgehead atoms. The van der Waals surface area contributed by atoms with Crippen LogP contribution in [0.5, 0.6) is 0 Å². The van der Waals surface area contributed by atoms with Crippen LogP contribution in [0.25, 0.3) is 6.08 Å². The zero-order valence-corrected chi connectivity index (χ0v) is 12.3. The Kier molecular flexibility index (Phi) is 7.16. The maximum Gasteiger partial charge on any atom is 1.00 e. The second-order valence-corrected chi connectivity index (χ2v) is 3.33. The molecule has 0 aliphatic rings. The summed E-state index contributed by atoms with van der Waals surface area (Å²) >= 11 is 0. The van der Waals surface area contributed by atoms with Gasteiger partial charge in [-0.05, 0) is 24.1 Å². The van der Waals surface area contributed by atoms with Crippen molar-refractivity contribution >= 4 is 13.1 Å². The van der Waals surface area contributed by atoms with Crippen LogP contribution in [-0.4, -0.2) is 12.1 Å². The molecule has 1 nitrogen and oxygen atoms in total. The van der Waals surface area contributed by atoms with E-state index in [1.807, 2.05) is 0 Å². The molecule has 0 aromatic heterocycles. The second kappa shape index (κ2) is 6.98. The molecule has 1 aromatic carbocycles. The van der Waals surface area contributed by atoms with Crippen LogP contribution in [0.3, 0.4) is 0 Å². The van der Waals surface area contributed by atoms with Gasteiger partial charge in [-0.25, -0.2) is 0 Å². The summed E-state index contributed by atoms with van der Waals surface area (Å²) in [5, 5.41) is 9.23. The Morgan fingerprint density at radius 2 is 1.94 bits per heavy atom. The van der Waals surface area contributed by atoms with Gasteiger partial charge >= 0.3 is 58.4 Å². The molecule has 1 atom stereocenters. The molecule has 0 saturated carbocycles. The van der Waals surface area contributed by atoms with Crippen LogP contribution in [0.15, 0.2) is 30.2 Å². The summed E-state index contributed by atoms with van der Waals surface area (Å²) in [6.07, 6.45) is 0.334. The molecule has 1 rings (SSSR count). The van der Waals surface area contributed by atoms with E-state index in [1.54, 1.807) is 25.1 Å². The van der Waals surface area contributed by atoms with E-state index in [4.69, 9.17) is 0 Å². The molecule has 0 spiro atoms. The molecule has 6 heteroatoms. The topological polar surface area (TPSA) is 20.2 Å². The maximum absolute atomic E-state index is 11.9. The van der Waals surface area contributed by atoms with Gasteiger partial charge in [0.15, 0.2) is 0 Å². The van der Waals surface area contributed by atoms with Crippen LogP contribution in [0.4, 0.5) is 12.9 Å². The molecular formula is C10H11BF3KO. The van der Waals surface area contributed by atoms with Crippen molar-refractivity contribution in [3.05, 3.63) is 41.4 Å². The van der Waals surface area contributed by atoms with E-state index < -0.39 is 13.1 Å². The van der Waals surface area contributed by atoms with Gasteiger partial charge in [0.05, 0.1) is 6.10 Å². The first-order valence-corrected chi connectivity index (χ1v) is 4.56. The maximum atomic E-state index is 11.9. The summed E-state index contributed by atoms with van der Waals surface area (Å²) in [5.41, 5.74) is 1.04. The van der Waals surface area contributed by atoms with Gasteiger partial charge in [-0.3, -0.25) is 0 Å². The van der Waals surface area contributed by atoms with E-state index in [9.17, 15) is 18.1 Å². The Balaban J connectivity index is 0.00000225. The van der Waals surface area contributed by atoms with Crippen molar-refractivity contribution in [1.82, 2.24) is 0 Å². The largest absolute Gasteiger partial charge is 1.00 e. The van der Waals surface area contributed by atoms with E-state index in [2.05, 4.69) is 0 Å². The zero-order chi connectivity index (χ0) is 11.5. The first-order chi connectivity index (χ1) is 6.88. The summed E-state index contributed by atoms with van der Waals surface area (Å²) in [6.45, 7) is -3.33. The molecular weight excluding hydrogens is 243 g/mol. The van der Waals surface area contributed by atoms with Gasteiger partial charge in [0.1, 0.15) is 0 Å². The number of aliphatic hydroxyl groups excluding tert-OH is 1. The quantitative estimate of drug-likeness (QED) is 0.761. The Bertz CT molecular complexity index is 363. The standard InChI is InChI=1S/C10H11BF3O.K/c1-8(15)10-4-2-3-9(7-10)5-6-11(12,13)14;/h2-8,15H,1H3;/q-1;+1/b6-5+;. The number of halogens is 3. The van der Waals surface area contributed by atoms with Crippen LogP contribution >= 0.6 is 0 Å². The first kappa shape index (κ1) is 16.4. The first-order valence-electron chi connectivity index (χ1n) is 4.56. The molecule has 0 aliphatic heterocycles. The molecule has 0 amide bonds. The number of aliphatic hydroxyl groups is 1. The predicted octanol–water partition coefficient (Wildman–Crippen LogP) is 0.144. The summed E-state index contributed by atoms with van der Waals surface area (Å²) in [4.78, 5) is 0. The van der Waals surface area contributed by atoms with Crippen molar-refractivity contribution < 1.29 is 69.4 Å². The van der Waals surface area contributed by atoms with Crippen LogP contribution in [0.2, 0.25) is 0 Å². The molecule has 0 heterocycles. The normalized spacial score (nSPS) is 13.6. The van der Waals surface area contributed by atoms with E-state index in [-0.39, 0.29) is 57.4 Å². The average molecular weight is 254 g/mol. The van der Waals surface area contributed by atoms with Crippen LogP contribution in [0.1, 0.15) is 24.2 Å². The van der Waals surface area contributed by atoms with Crippen molar-refractivity contribution in [1.29, 1.82) is 0 Å². The van der Waals surface area contributed by atoms with Gasteiger partial charge in [-0.2, -0.15) is 0 Å². The molecule has 0 fully saturated rings.